The van der Waals surface area contributed by atoms with Gasteiger partial charge in [0.15, 0.2) is 0 Å². The summed E-state index contributed by atoms with van der Waals surface area (Å²) in [5.41, 5.74) is 2.46. The third-order valence-corrected chi connectivity index (χ3v) is 3.28. The minimum absolute atomic E-state index is 0.272. The molecule has 1 aliphatic rings. The molecule has 1 nitrogen and oxygen atoms in total. The van der Waals surface area contributed by atoms with E-state index in [-0.39, 0.29) is 6.10 Å². The Kier molecular flexibility index (Phi) is 3.22. The lowest BCUT2D eigenvalue weighted by molar-refractivity contribution is 0.0951. The Balaban J connectivity index is 2.18. The van der Waals surface area contributed by atoms with Crippen LogP contribution in [-0.2, 0) is 6.42 Å². The number of benzene rings is 1. The van der Waals surface area contributed by atoms with Gasteiger partial charge in [-0.1, -0.05) is 36.4 Å². The molecular formula is C14H18O. The molecule has 0 aromatic heterocycles. The van der Waals surface area contributed by atoms with Gasteiger partial charge in [0.25, 0.3) is 0 Å². The first-order chi connectivity index (χ1) is 7.33. The van der Waals surface area contributed by atoms with Gasteiger partial charge in [0.2, 0.25) is 0 Å². The van der Waals surface area contributed by atoms with Crippen molar-refractivity contribution in [1.82, 2.24) is 0 Å². The molecule has 2 atom stereocenters. The normalized spacial score (nSPS) is 25.5. The molecule has 1 heteroatoms. The van der Waals surface area contributed by atoms with Crippen molar-refractivity contribution >= 4 is 0 Å². The highest BCUT2D eigenvalue weighted by molar-refractivity contribution is 5.31. The van der Waals surface area contributed by atoms with Crippen LogP contribution in [0, 0.1) is 5.92 Å². The molecule has 1 aliphatic carbocycles. The molecular weight excluding hydrogens is 184 g/mol. The Morgan fingerprint density at radius 3 is 3.00 bits per heavy atom. The number of aryl methyl sites for hydroxylation is 1. The summed E-state index contributed by atoms with van der Waals surface area (Å²) < 4.78 is 0. The monoisotopic (exact) mass is 202 g/mol. The summed E-state index contributed by atoms with van der Waals surface area (Å²) in [4.78, 5) is 0. The maximum absolute atomic E-state index is 10.2. The quantitative estimate of drug-likeness (QED) is 0.730. The Labute approximate surface area is 91.4 Å². The van der Waals surface area contributed by atoms with Gasteiger partial charge in [0.05, 0.1) is 6.10 Å². The number of rotatable bonds is 2. The molecule has 80 valence electrons. The van der Waals surface area contributed by atoms with E-state index in [4.69, 9.17) is 0 Å². The van der Waals surface area contributed by atoms with Crippen LogP contribution in [0.2, 0.25) is 0 Å². The summed E-state index contributed by atoms with van der Waals surface area (Å²) in [5.74, 6) is 0.399. The average molecular weight is 202 g/mol. The number of hydrogen-bond acceptors (Lipinski definition) is 1. The van der Waals surface area contributed by atoms with Crippen LogP contribution in [-0.4, -0.2) is 5.11 Å². The molecule has 0 saturated heterocycles. The summed E-state index contributed by atoms with van der Waals surface area (Å²) in [7, 11) is 0. The maximum atomic E-state index is 10.2. The molecule has 0 saturated carbocycles. The largest absolute Gasteiger partial charge is 0.388 e. The Morgan fingerprint density at radius 1 is 1.40 bits per heavy atom. The van der Waals surface area contributed by atoms with Crippen molar-refractivity contribution in [1.29, 1.82) is 0 Å². The molecule has 0 heterocycles. The van der Waals surface area contributed by atoms with Gasteiger partial charge in [0.1, 0.15) is 0 Å². The zero-order chi connectivity index (χ0) is 10.7. The number of hydrogen-bond donors (Lipinski definition) is 1. The van der Waals surface area contributed by atoms with E-state index in [0.29, 0.717) is 5.92 Å². The van der Waals surface area contributed by atoms with Crippen LogP contribution in [0.1, 0.15) is 37.0 Å². The van der Waals surface area contributed by atoms with Crippen LogP contribution >= 0.6 is 0 Å². The number of allylic oxidation sites excluding steroid dienone is 2. The Bertz CT molecular complexity index is 354. The van der Waals surface area contributed by atoms with Gasteiger partial charge in [-0.15, -0.1) is 0 Å². The van der Waals surface area contributed by atoms with Crippen LogP contribution < -0.4 is 0 Å². The van der Waals surface area contributed by atoms with Crippen molar-refractivity contribution in [2.75, 3.05) is 0 Å². The Hall–Kier alpha value is -1.08. The summed E-state index contributed by atoms with van der Waals surface area (Å²) >= 11 is 0. The zero-order valence-corrected chi connectivity index (χ0v) is 9.19. The van der Waals surface area contributed by atoms with E-state index < -0.39 is 0 Å². The van der Waals surface area contributed by atoms with Gasteiger partial charge >= 0.3 is 0 Å². The lowest BCUT2D eigenvalue weighted by Crippen LogP contribution is -2.19. The zero-order valence-electron chi connectivity index (χ0n) is 9.19. The fraction of sp³-hybridized carbons (Fsp3) is 0.429. The smallest absolute Gasteiger partial charge is 0.0823 e. The van der Waals surface area contributed by atoms with Gasteiger partial charge in [0, 0.05) is 0 Å². The first kappa shape index (κ1) is 10.4. The third-order valence-electron chi connectivity index (χ3n) is 3.28. The summed E-state index contributed by atoms with van der Waals surface area (Å²) in [5, 5.41) is 10.2. The fourth-order valence-corrected chi connectivity index (χ4v) is 2.36. The number of aliphatic hydroxyl groups excluding tert-OH is 1. The topological polar surface area (TPSA) is 20.2 Å². The van der Waals surface area contributed by atoms with E-state index in [1.807, 2.05) is 13.0 Å². The van der Waals surface area contributed by atoms with E-state index in [9.17, 15) is 5.11 Å². The molecule has 0 unspecified atom stereocenters. The highest BCUT2D eigenvalue weighted by Crippen LogP contribution is 2.36. The molecule has 0 radical (unpaired) electrons. The van der Waals surface area contributed by atoms with Gasteiger partial charge in [-0.25, -0.2) is 0 Å². The second kappa shape index (κ2) is 4.63. The van der Waals surface area contributed by atoms with Gasteiger partial charge in [-0.2, -0.15) is 0 Å². The molecule has 1 aromatic carbocycles. The number of aliphatic hydroxyl groups is 1. The fourth-order valence-electron chi connectivity index (χ4n) is 2.36. The van der Waals surface area contributed by atoms with E-state index in [2.05, 4.69) is 30.4 Å². The molecule has 2 rings (SSSR count). The molecule has 1 aromatic rings. The average Bonchev–Trinajstić information content (AvgIpc) is 2.29. The van der Waals surface area contributed by atoms with Crippen LogP contribution in [0.4, 0.5) is 0 Å². The van der Waals surface area contributed by atoms with Crippen molar-refractivity contribution in [3.05, 3.63) is 47.5 Å². The third kappa shape index (κ3) is 2.13. The molecule has 0 aliphatic heterocycles. The molecule has 0 amide bonds. The SMILES string of the molecule is C/C=C/C[C@H]1CCc2ccccc2[C@@H]1O. The highest BCUT2D eigenvalue weighted by Gasteiger charge is 2.26. The minimum atomic E-state index is -0.272. The van der Waals surface area contributed by atoms with E-state index >= 15 is 0 Å². The predicted molar refractivity (Wildman–Crippen MR) is 62.6 cm³/mol. The second-order valence-corrected chi connectivity index (χ2v) is 4.25. The predicted octanol–water partition coefficient (Wildman–Crippen LogP) is 3.25. The maximum Gasteiger partial charge on any atom is 0.0823 e. The van der Waals surface area contributed by atoms with Gasteiger partial charge < -0.3 is 5.11 Å². The van der Waals surface area contributed by atoms with Crippen LogP contribution in [0.25, 0.3) is 0 Å². The summed E-state index contributed by atoms with van der Waals surface area (Å²) in [6.45, 7) is 2.03. The lowest BCUT2D eigenvalue weighted by Gasteiger charge is -2.29. The van der Waals surface area contributed by atoms with Crippen molar-refractivity contribution in [2.45, 2.75) is 32.3 Å². The second-order valence-electron chi connectivity index (χ2n) is 4.25. The van der Waals surface area contributed by atoms with E-state index in [1.54, 1.807) is 0 Å². The van der Waals surface area contributed by atoms with E-state index in [1.165, 1.54) is 5.56 Å². The molecule has 0 bridgehead atoms. The molecule has 0 spiro atoms. The van der Waals surface area contributed by atoms with Crippen LogP contribution in [0.3, 0.4) is 0 Å². The van der Waals surface area contributed by atoms with E-state index in [0.717, 1.165) is 24.8 Å². The van der Waals surface area contributed by atoms with Crippen molar-refractivity contribution in [3.8, 4) is 0 Å². The first-order valence-electron chi connectivity index (χ1n) is 5.70. The standard InChI is InChI=1S/C14H18O/c1-2-3-6-12-10-9-11-7-4-5-8-13(11)14(12)15/h2-5,7-8,12,14-15H,6,9-10H2,1H3/b3-2+/t12-,14+/m0/s1. The summed E-state index contributed by atoms with van der Waals surface area (Å²) in [6, 6.07) is 8.25. The minimum Gasteiger partial charge on any atom is -0.388 e. The van der Waals surface area contributed by atoms with Crippen LogP contribution in [0.5, 0.6) is 0 Å². The molecule has 15 heavy (non-hydrogen) atoms. The van der Waals surface area contributed by atoms with Gasteiger partial charge in [-0.3, -0.25) is 0 Å². The lowest BCUT2D eigenvalue weighted by atomic mass is 9.80. The number of fused-ring (bicyclic) bond motifs is 1. The van der Waals surface area contributed by atoms with Crippen LogP contribution in [0.15, 0.2) is 36.4 Å². The Morgan fingerprint density at radius 2 is 2.20 bits per heavy atom. The molecule has 0 fully saturated rings. The van der Waals surface area contributed by atoms with Crippen molar-refractivity contribution < 1.29 is 5.11 Å². The molecule has 1 N–H and O–H groups in total. The summed E-state index contributed by atoms with van der Waals surface area (Å²) in [6.07, 6.45) is 7.14. The van der Waals surface area contributed by atoms with Crippen molar-refractivity contribution in [2.24, 2.45) is 5.92 Å². The van der Waals surface area contributed by atoms with Gasteiger partial charge in [-0.05, 0) is 43.2 Å². The van der Waals surface area contributed by atoms with Crippen molar-refractivity contribution in [3.63, 3.8) is 0 Å². The highest BCUT2D eigenvalue weighted by atomic mass is 16.3. The first-order valence-corrected chi connectivity index (χ1v) is 5.70.